The van der Waals surface area contributed by atoms with Gasteiger partial charge in [-0.15, -0.1) is 4.98 Å². The number of methoxy groups -OCH3 is 2. The number of aryl methyl sites for hydroxylation is 1. The predicted molar refractivity (Wildman–Crippen MR) is 75.2 cm³/mol. The van der Waals surface area contributed by atoms with Gasteiger partial charge in [-0.05, 0) is 36.4 Å². The Morgan fingerprint density at radius 1 is 1.14 bits per heavy atom. The third-order valence-electron chi connectivity index (χ3n) is 2.59. The van der Waals surface area contributed by atoms with E-state index in [1.807, 2.05) is 0 Å². The fraction of sp³-hybridized carbons (Fsp3) is 0.231. The van der Waals surface area contributed by atoms with Crippen LogP contribution in [0.3, 0.4) is 0 Å². The molecule has 0 spiro atoms. The van der Waals surface area contributed by atoms with E-state index in [1.54, 1.807) is 25.1 Å². The van der Waals surface area contributed by atoms with Crippen molar-refractivity contribution < 1.29 is 19.4 Å². The maximum atomic E-state index is 11.1. The molecule has 0 unspecified atom stereocenters. The highest BCUT2D eigenvalue weighted by atomic mass is 32.2. The van der Waals surface area contributed by atoms with E-state index >= 15 is 0 Å². The van der Waals surface area contributed by atoms with Crippen molar-refractivity contribution in [2.24, 2.45) is 0 Å². The number of hydrogen-bond donors (Lipinski definition) is 1. The van der Waals surface area contributed by atoms with Crippen LogP contribution < -0.4 is 9.47 Å². The molecule has 0 amide bonds. The Balaban J connectivity index is 2.33. The van der Waals surface area contributed by atoms with Crippen molar-refractivity contribution in [1.82, 2.24) is 15.0 Å². The molecular formula is C13H13N3O4S. The van der Waals surface area contributed by atoms with Gasteiger partial charge >= 0.3 is 18.0 Å². The van der Waals surface area contributed by atoms with E-state index in [-0.39, 0.29) is 17.6 Å². The molecule has 1 heterocycles. The topological polar surface area (TPSA) is 94.4 Å². The second-order valence-electron chi connectivity index (χ2n) is 3.98. The minimum atomic E-state index is -0.972. The Kier molecular flexibility index (Phi) is 4.59. The van der Waals surface area contributed by atoms with E-state index in [4.69, 9.17) is 14.6 Å². The average Bonchev–Trinajstić information content (AvgIpc) is 2.48. The van der Waals surface area contributed by atoms with Crippen LogP contribution in [0.15, 0.2) is 28.3 Å². The fourth-order valence-electron chi connectivity index (χ4n) is 1.55. The highest BCUT2D eigenvalue weighted by molar-refractivity contribution is 7.99. The molecule has 7 nitrogen and oxygen atoms in total. The molecule has 0 aliphatic rings. The minimum Gasteiger partial charge on any atom is -0.478 e. The second kappa shape index (κ2) is 6.40. The van der Waals surface area contributed by atoms with Crippen LogP contribution in [0.5, 0.6) is 12.0 Å². The van der Waals surface area contributed by atoms with Crippen LogP contribution in [0.25, 0.3) is 0 Å². The van der Waals surface area contributed by atoms with Gasteiger partial charge in [-0.1, -0.05) is 6.07 Å². The van der Waals surface area contributed by atoms with Crippen LogP contribution in [-0.4, -0.2) is 40.2 Å². The third kappa shape index (κ3) is 3.60. The van der Waals surface area contributed by atoms with Crippen LogP contribution in [0, 0.1) is 6.92 Å². The lowest BCUT2D eigenvalue weighted by Gasteiger charge is -2.06. The smallest absolute Gasteiger partial charge is 0.335 e. The first kappa shape index (κ1) is 15.0. The van der Waals surface area contributed by atoms with Crippen LogP contribution in [0.1, 0.15) is 15.9 Å². The number of ether oxygens (including phenoxy) is 2. The fourth-order valence-corrected chi connectivity index (χ4v) is 2.32. The van der Waals surface area contributed by atoms with Gasteiger partial charge in [0.05, 0.1) is 19.8 Å². The molecule has 1 aromatic carbocycles. The Morgan fingerprint density at radius 3 is 2.29 bits per heavy atom. The van der Waals surface area contributed by atoms with E-state index in [0.717, 1.165) is 0 Å². The van der Waals surface area contributed by atoms with E-state index < -0.39 is 5.97 Å². The number of nitrogens with zero attached hydrogens (tertiary/aromatic N) is 3. The van der Waals surface area contributed by atoms with Crippen molar-refractivity contribution in [3.05, 3.63) is 29.3 Å². The van der Waals surface area contributed by atoms with Crippen molar-refractivity contribution in [3.63, 3.8) is 0 Å². The lowest BCUT2D eigenvalue weighted by atomic mass is 10.1. The number of carbonyl (C=O) groups is 1. The molecule has 0 radical (unpaired) electrons. The quantitative estimate of drug-likeness (QED) is 0.896. The van der Waals surface area contributed by atoms with Crippen LogP contribution in [0.4, 0.5) is 0 Å². The molecule has 0 bridgehead atoms. The van der Waals surface area contributed by atoms with Gasteiger partial charge in [0.15, 0.2) is 0 Å². The highest BCUT2D eigenvalue weighted by Crippen LogP contribution is 2.28. The van der Waals surface area contributed by atoms with E-state index in [0.29, 0.717) is 15.6 Å². The molecule has 8 heteroatoms. The Morgan fingerprint density at radius 2 is 1.76 bits per heavy atom. The molecule has 0 atom stereocenters. The van der Waals surface area contributed by atoms with E-state index in [9.17, 15) is 4.79 Å². The lowest BCUT2D eigenvalue weighted by molar-refractivity contribution is 0.0696. The zero-order valence-corrected chi connectivity index (χ0v) is 12.5. The van der Waals surface area contributed by atoms with Crippen molar-refractivity contribution >= 4 is 17.7 Å². The standard InChI is InChI=1S/C13H13N3O4S/c1-7-4-5-8(6-9(7)10(17)18)21-13-15-11(19-2)14-12(16-13)20-3/h4-6H,1-3H3,(H,17,18). The summed E-state index contributed by atoms with van der Waals surface area (Å²) in [6.45, 7) is 1.74. The number of aromatic nitrogens is 3. The van der Waals surface area contributed by atoms with Gasteiger partial charge < -0.3 is 14.6 Å². The molecular weight excluding hydrogens is 294 g/mol. The Bertz CT molecular complexity index is 656. The van der Waals surface area contributed by atoms with Gasteiger partial charge in [-0.25, -0.2) is 4.79 Å². The van der Waals surface area contributed by atoms with Crippen molar-refractivity contribution in [3.8, 4) is 12.0 Å². The summed E-state index contributed by atoms with van der Waals surface area (Å²) < 4.78 is 9.93. The molecule has 2 rings (SSSR count). The van der Waals surface area contributed by atoms with Crippen molar-refractivity contribution in [2.75, 3.05) is 14.2 Å². The number of benzene rings is 1. The maximum absolute atomic E-state index is 11.1. The number of rotatable bonds is 5. The summed E-state index contributed by atoms with van der Waals surface area (Å²) in [5, 5.41) is 9.49. The first-order valence-electron chi connectivity index (χ1n) is 5.89. The molecule has 0 saturated carbocycles. The molecule has 1 N–H and O–H groups in total. The number of hydrogen-bond acceptors (Lipinski definition) is 7. The summed E-state index contributed by atoms with van der Waals surface area (Å²) in [6.07, 6.45) is 0. The Labute approximate surface area is 125 Å². The van der Waals surface area contributed by atoms with Gasteiger partial charge in [0.25, 0.3) is 0 Å². The lowest BCUT2D eigenvalue weighted by Crippen LogP contribution is -2.01. The normalized spacial score (nSPS) is 10.2. The number of carboxylic acid groups (broad SMARTS) is 1. The molecule has 1 aromatic heterocycles. The van der Waals surface area contributed by atoms with Gasteiger partial charge in [-0.2, -0.15) is 9.97 Å². The van der Waals surface area contributed by atoms with Crippen molar-refractivity contribution in [2.45, 2.75) is 17.0 Å². The molecule has 0 aliphatic heterocycles. The van der Waals surface area contributed by atoms with Gasteiger partial charge in [0, 0.05) is 4.90 Å². The average molecular weight is 307 g/mol. The van der Waals surface area contributed by atoms with Gasteiger partial charge in [-0.3, -0.25) is 0 Å². The summed E-state index contributed by atoms with van der Waals surface area (Å²) >= 11 is 1.20. The van der Waals surface area contributed by atoms with Gasteiger partial charge in [0.1, 0.15) is 0 Å². The van der Waals surface area contributed by atoms with E-state index in [2.05, 4.69) is 15.0 Å². The SMILES string of the molecule is COc1nc(OC)nc(Sc2ccc(C)c(C(=O)O)c2)n1. The molecule has 110 valence electrons. The first-order chi connectivity index (χ1) is 10.0. The molecule has 21 heavy (non-hydrogen) atoms. The minimum absolute atomic E-state index is 0.134. The zero-order valence-electron chi connectivity index (χ0n) is 11.7. The summed E-state index contributed by atoms with van der Waals surface area (Å²) in [4.78, 5) is 23.9. The molecule has 2 aromatic rings. The number of carboxylic acids is 1. The number of aromatic carboxylic acids is 1. The second-order valence-corrected chi connectivity index (χ2v) is 5.02. The summed E-state index contributed by atoms with van der Waals surface area (Å²) in [7, 11) is 2.88. The van der Waals surface area contributed by atoms with Crippen LogP contribution in [0.2, 0.25) is 0 Å². The van der Waals surface area contributed by atoms with Crippen LogP contribution >= 0.6 is 11.8 Å². The monoisotopic (exact) mass is 307 g/mol. The zero-order chi connectivity index (χ0) is 15.4. The predicted octanol–water partition coefficient (Wildman–Crippen LogP) is 2.05. The summed E-state index contributed by atoms with van der Waals surface area (Å²) in [5.41, 5.74) is 0.936. The Hall–Kier alpha value is -2.35. The maximum Gasteiger partial charge on any atom is 0.335 e. The molecule has 0 fully saturated rings. The van der Waals surface area contributed by atoms with E-state index in [1.165, 1.54) is 26.0 Å². The van der Waals surface area contributed by atoms with Gasteiger partial charge in [0.2, 0.25) is 5.16 Å². The highest BCUT2D eigenvalue weighted by Gasteiger charge is 2.12. The van der Waals surface area contributed by atoms with Crippen LogP contribution in [-0.2, 0) is 0 Å². The van der Waals surface area contributed by atoms with Crippen molar-refractivity contribution in [1.29, 1.82) is 0 Å². The summed E-state index contributed by atoms with van der Waals surface area (Å²) in [5.74, 6) is -0.972. The molecule has 0 saturated heterocycles. The largest absolute Gasteiger partial charge is 0.478 e. The molecule has 0 aliphatic carbocycles. The summed E-state index contributed by atoms with van der Waals surface area (Å²) in [6, 6.07) is 5.38. The first-order valence-corrected chi connectivity index (χ1v) is 6.71. The third-order valence-corrected chi connectivity index (χ3v) is 3.44.